The van der Waals surface area contributed by atoms with Crippen molar-refractivity contribution in [1.82, 2.24) is 5.32 Å². The Morgan fingerprint density at radius 1 is 0.762 bits per heavy atom. The average Bonchev–Trinajstić information content (AvgIpc) is 2.97. The molecule has 0 aliphatic carbocycles. The molecule has 0 spiro atoms. The Labute approximate surface area is 258 Å². The number of phosphoric acid groups is 1. The SMILES string of the molecule is CCCCCCCCCC/C=C/[C@@H](O)[C@H](COP(=O)(O)OCCN)NC(=O)CCCCCCCCCCCCCCC. The molecule has 42 heavy (non-hydrogen) atoms. The van der Waals surface area contributed by atoms with E-state index in [-0.39, 0.29) is 25.7 Å². The van der Waals surface area contributed by atoms with E-state index in [0.717, 1.165) is 38.5 Å². The first kappa shape index (κ1) is 41.2. The van der Waals surface area contributed by atoms with Gasteiger partial charge in [0.25, 0.3) is 0 Å². The number of nitrogens with two attached hydrogens (primary N) is 1. The van der Waals surface area contributed by atoms with Crippen molar-refractivity contribution in [3.05, 3.63) is 12.2 Å². The number of rotatable bonds is 32. The van der Waals surface area contributed by atoms with E-state index in [1.807, 2.05) is 6.08 Å². The highest BCUT2D eigenvalue weighted by atomic mass is 31.2. The summed E-state index contributed by atoms with van der Waals surface area (Å²) in [6.07, 6.45) is 29.7. The summed E-state index contributed by atoms with van der Waals surface area (Å²) in [6.45, 7) is 4.09. The van der Waals surface area contributed by atoms with Gasteiger partial charge in [0.2, 0.25) is 5.91 Å². The third-order valence-corrected chi connectivity index (χ3v) is 8.60. The Morgan fingerprint density at radius 3 is 1.69 bits per heavy atom. The van der Waals surface area contributed by atoms with E-state index in [9.17, 15) is 19.4 Å². The summed E-state index contributed by atoms with van der Waals surface area (Å²) in [6, 6.07) is -0.851. The molecule has 0 aromatic heterocycles. The van der Waals surface area contributed by atoms with Gasteiger partial charge in [-0.3, -0.25) is 13.8 Å². The minimum Gasteiger partial charge on any atom is -0.387 e. The second kappa shape index (κ2) is 30.3. The number of aliphatic hydroxyl groups excluding tert-OH is 1. The van der Waals surface area contributed by atoms with Crippen molar-refractivity contribution in [1.29, 1.82) is 0 Å². The Morgan fingerprint density at radius 2 is 1.21 bits per heavy atom. The van der Waals surface area contributed by atoms with Crippen LogP contribution in [0, 0.1) is 0 Å². The zero-order valence-electron chi connectivity index (χ0n) is 27.2. The number of hydrogen-bond acceptors (Lipinski definition) is 6. The van der Waals surface area contributed by atoms with Crippen LogP contribution in [0.2, 0.25) is 0 Å². The lowest BCUT2D eigenvalue weighted by Crippen LogP contribution is -2.45. The molecule has 0 saturated carbocycles. The normalized spacial score (nSPS) is 14.7. The molecule has 9 heteroatoms. The van der Waals surface area contributed by atoms with Crippen LogP contribution in [0.3, 0.4) is 0 Å². The number of hydrogen-bond donors (Lipinski definition) is 4. The van der Waals surface area contributed by atoms with Gasteiger partial charge in [-0.05, 0) is 19.3 Å². The first-order valence-electron chi connectivity index (χ1n) is 17.3. The lowest BCUT2D eigenvalue weighted by atomic mass is 10.0. The van der Waals surface area contributed by atoms with E-state index in [1.54, 1.807) is 6.08 Å². The Kier molecular flexibility index (Phi) is 29.7. The van der Waals surface area contributed by atoms with Gasteiger partial charge in [0, 0.05) is 13.0 Å². The van der Waals surface area contributed by atoms with Gasteiger partial charge in [-0.25, -0.2) is 4.57 Å². The lowest BCUT2D eigenvalue weighted by molar-refractivity contribution is -0.123. The van der Waals surface area contributed by atoms with Crippen LogP contribution in [-0.2, 0) is 18.4 Å². The number of phosphoric ester groups is 1. The van der Waals surface area contributed by atoms with E-state index in [1.165, 1.54) is 103 Å². The predicted octanol–water partition coefficient (Wildman–Crippen LogP) is 8.49. The van der Waals surface area contributed by atoms with Crippen molar-refractivity contribution in [2.24, 2.45) is 5.73 Å². The summed E-state index contributed by atoms with van der Waals surface area (Å²) in [5.74, 6) is -0.196. The topological polar surface area (TPSA) is 131 Å². The van der Waals surface area contributed by atoms with E-state index < -0.39 is 20.0 Å². The minimum atomic E-state index is -4.32. The molecular formula is C33H67N2O6P. The first-order chi connectivity index (χ1) is 20.4. The van der Waals surface area contributed by atoms with Crippen molar-refractivity contribution in [3.63, 3.8) is 0 Å². The molecule has 0 radical (unpaired) electrons. The Hall–Kier alpha value is -0.760. The van der Waals surface area contributed by atoms with Crippen molar-refractivity contribution >= 4 is 13.7 Å². The lowest BCUT2D eigenvalue weighted by Gasteiger charge is -2.23. The third-order valence-electron chi connectivity index (χ3n) is 7.61. The first-order valence-corrected chi connectivity index (χ1v) is 18.8. The molecule has 0 fully saturated rings. The van der Waals surface area contributed by atoms with Crippen LogP contribution < -0.4 is 11.1 Å². The number of unbranched alkanes of at least 4 members (excludes halogenated alkanes) is 20. The fraction of sp³-hybridized carbons (Fsp3) is 0.909. The van der Waals surface area contributed by atoms with Gasteiger partial charge < -0.3 is 21.1 Å². The van der Waals surface area contributed by atoms with Crippen molar-refractivity contribution in [2.45, 2.75) is 174 Å². The van der Waals surface area contributed by atoms with Crippen LogP contribution in [0.25, 0.3) is 0 Å². The Balaban J connectivity index is 4.35. The highest BCUT2D eigenvalue weighted by molar-refractivity contribution is 7.47. The molecule has 1 amide bonds. The van der Waals surface area contributed by atoms with Crippen molar-refractivity contribution in [2.75, 3.05) is 19.8 Å². The number of carbonyl (C=O) groups excluding carboxylic acids is 1. The second-order valence-corrected chi connectivity index (χ2v) is 13.2. The number of allylic oxidation sites excluding steroid dienone is 1. The summed E-state index contributed by atoms with van der Waals surface area (Å²) in [5, 5.41) is 13.5. The zero-order valence-corrected chi connectivity index (χ0v) is 28.1. The molecule has 3 atom stereocenters. The maximum atomic E-state index is 12.6. The van der Waals surface area contributed by atoms with Crippen molar-refractivity contribution < 1.29 is 28.4 Å². The summed E-state index contributed by atoms with van der Waals surface area (Å²) < 4.78 is 21.9. The van der Waals surface area contributed by atoms with E-state index in [2.05, 4.69) is 19.2 Å². The molecule has 0 aliphatic heterocycles. The summed E-state index contributed by atoms with van der Waals surface area (Å²) in [7, 11) is -4.32. The molecule has 0 aromatic carbocycles. The number of amides is 1. The van der Waals surface area contributed by atoms with Crippen LogP contribution in [0.1, 0.15) is 162 Å². The van der Waals surface area contributed by atoms with E-state index >= 15 is 0 Å². The standard InChI is InChI=1S/C33H67N2O6P/c1-3-5-7-9-11-13-15-16-17-19-21-23-25-27-33(37)35-31(30-41-42(38,39)40-29-28-34)32(36)26-24-22-20-18-14-12-10-8-6-4-2/h24,26,31-32,36H,3-23,25,27-30,34H2,1-2H3,(H,35,37)(H,38,39)/b26-24+/t31-,32+/m0/s1. The molecule has 5 N–H and O–H groups in total. The molecule has 8 nitrogen and oxygen atoms in total. The maximum Gasteiger partial charge on any atom is 0.472 e. The van der Waals surface area contributed by atoms with Gasteiger partial charge in [-0.2, -0.15) is 0 Å². The zero-order chi connectivity index (χ0) is 31.2. The Bertz CT molecular complexity index is 679. The highest BCUT2D eigenvalue weighted by Crippen LogP contribution is 2.43. The average molecular weight is 619 g/mol. The van der Waals surface area contributed by atoms with Gasteiger partial charge in [-0.1, -0.05) is 148 Å². The van der Waals surface area contributed by atoms with Crippen molar-refractivity contribution in [3.8, 4) is 0 Å². The molecule has 0 aliphatic rings. The van der Waals surface area contributed by atoms with Gasteiger partial charge >= 0.3 is 7.82 Å². The highest BCUT2D eigenvalue weighted by Gasteiger charge is 2.26. The van der Waals surface area contributed by atoms with E-state index in [0.29, 0.717) is 6.42 Å². The molecule has 250 valence electrons. The van der Waals surface area contributed by atoms with Gasteiger partial charge in [0.1, 0.15) is 0 Å². The smallest absolute Gasteiger partial charge is 0.387 e. The van der Waals surface area contributed by atoms with Gasteiger partial charge in [0.15, 0.2) is 0 Å². The van der Waals surface area contributed by atoms with Gasteiger partial charge in [-0.15, -0.1) is 0 Å². The fourth-order valence-corrected chi connectivity index (χ4v) is 5.71. The van der Waals surface area contributed by atoms with Crippen LogP contribution >= 0.6 is 7.82 Å². The molecule has 0 heterocycles. The summed E-state index contributed by atoms with van der Waals surface area (Å²) in [4.78, 5) is 22.5. The third kappa shape index (κ3) is 28.0. The molecule has 1 unspecified atom stereocenters. The quantitative estimate of drug-likeness (QED) is 0.0338. The number of nitrogens with one attached hydrogen (secondary N) is 1. The summed E-state index contributed by atoms with van der Waals surface area (Å²) >= 11 is 0. The fourth-order valence-electron chi connectivity index (χ4n) is 4.95. The minimum absolute atomic E-state index is 0.0807. The largest absolute Gasteiger partial charge is 0.472 e. The molecule has 0 aromatic rings. The molecule has 0 rings (SSSR count). The van der Waals surface area contributed by atoms with E-state index in [4.69, 9.17) is 14.8 Å². The van der Waals surface area contributed by atoms with Crippen LogP contribution in [0.5, 0.6) is 0 Å². The second-order valence-electron chi connectivity index (χ2n) is 11.7. The molecule has 0 saturated heterocycles. The monoisotopic (exact) mass is 618 g/mol. The predicted molar refractivity (Wildman–Crippen MR) is 175 cm³/mol. The van der Waals surface area contributed by atoms with Crippen LogP contribution in [0.4, 0.5) is 0 Å². The van der Waals surface area contributed by atoms with Gasteiger partial charge in [0.05, 0.1) is 25.4 Å². The number of aliphatic hydroxyl groups is 1. The van der Waals surface area contributed by atoms with Crippen LogP contribution in [-0.4, -0.2) is 47.8 Å². The number of carbonyl (C=O) groups is 1. The maximum absolute atomic E-state index is 12.6. The molecular weight excluding hydrogens is 551 g/mol. The van der Waals surface area contributed by atoms with Crippen LogP contribution in [0.15, 0.2) is 12.2 Å². The summed E-state index contributed by atoms with van der Waals surface area (Å²) in [5.41, 5.74) is 5.33. The molecule has 0 bridgehead atoms.